The van der Waals surface area contributed by atoms with Crippen LogP contribution in [0.15, 0.2) is 24.4 Å². The largest absolute Gasteiger partial charge is 0.386 e. The van der Waals surface area contributed by atoms with E-state index in [1.807, 2.05) is 31.4 Å². The van der Waals surface area contributed by atoms with Gasteiger partial charge >= 0.3 is 0 Å². The lowest BCUT2D eigenvalue weighted by molar-refractivity contribution is 0.0786. The van der Waals surface area contributed by atoms with Gasteiger partial charge in [-0.2, -0.15) is 10.2 Å². The van der Waals surface area contributed by atoms with Gasteiger partial charge in [-0.05, 0) is 31.5 Å². The molecular weight excluding hydrogens is 380 g/mol. The zero-order valence-electron chi connectivity index (χ0n) is 16.9. The molecule has 1 fully saturated rings. The highest BCUT2D eigenvalue weighted by Crippen LogP contribution is 2.49. The van der Waals surface area contributed by atoms with E-state index in [4.69, 9.17) is 4.74 Å². The first-order valence-corrected chi connectivity index (χ1v) is 9.48. The molecule has 4 rings (SSSR count). The summed E-state index contributed by atoms with van der Waals surface area (Å²) in [6, 6.07) is 5.49. The Labute approximate surface area is 167 Å². The van der Waals surface area contributed by atoms with E-state index in [0.717, 1.165) is 16.8 Å². The maximum Gasteiger partial charge on any atom is 0.253 e. The Morgan fingerprint density at radius 3 is 2.69 bits per heavy atom. The molecule has 1 aromatic carbocycles. The molecule has 3 aromatic rings. The minimum absolute atomic E-state index is 0.122. The second kappa shape index (κ2) is 6.77. The molecular formula is C20H25F2N5O2. The minimum Gasteiger partial charge on any atom is -0.386 e. The number of aromatic nitrogens is 4. The van der Waals surface area contributed by atoms with Crippen LogP contribution < -0.4 is 5.32 Å². The Hall–Kier alpha value is -2.52. The summed E-state index contributed by atoms with van der Waals surface area (Å²) in [5.41, 5.74) is 1.81. The summed E-state index contributed by atoms with van der Waals surface area (Å²) in [5, 5.41) is 23.4. The smallest absolute Gasteiger partial charge is 0.253 e. The second-order valence-electron chi connectivity index (χ2n) is 8.20. The third kappa shape index (κ3) is 3.84. The predicted molar refractivity (Wildman–Crippen MR) is 105 cm³/mol. The average molecular weight is 405 g/mol. The van der Waals surface area contributed by atoms with Crippen LogP contribution in [-0.4, -0.2) is 37.7 Å². The molecule has 1 unspecified atom stereocenters. The first-order valence-electron chi connectivity index (χ1n) is 9.48. The summed E-state index contributed by atoms with van der Waals surface area (Å²) in [6.45, 7) is 3.84. The van der Waals surface area contributed by atoms with Crippen LogP contribution in [0.4, 0.5) is 20.3 Å². The standard InChI is InChI=1S/C20H25F2N5O2/c1-19(2,28)12-5-6-14-17(7-12)27(9-13-8-20(13,21)22)25-18(14)23-15-10-26(3)24-16(15)11-29-4/h5-7,10,13,28H,8-9,11H2,1-4H3,(H,23,25). The molecule has 0 bridgehead atoms. The van der Waals surface area contributed by atoms with Crippen molar-refractivity contribution in [2.24, 2.45) is 13.0 Å². The lowest BCUT2D eigenvalue weighted by Gasteiger charge is -2.18. The molecule has 2 N–H and O–H groups in total. The fourth-order valence-electron chi connectivity index (χ4n) is 3.47. The number of anilines is 2. The Morgan fingerprint density at radius 2 is 2.07 bits per heavy atom. The number of hydrogen-bond acceptors (Lipinski definition) is 5. The van der Waals surface area contributed by atoms with E-state index in [-0.39, 0.29) is 13.0 Å². The van der Waals surface area contributed by atoms with Crippen LogP contribution in [0.2, 0.25) is 0 Å². The van der Waals surface area contributed by atoms with E-state index in [2.05, 4.69) is 15.5 Å². The number of benzene rings is 1. The molecule has 0 radical (unpaired) electrons. The van der Waals surface area contributed by atoms with E-state index in [0.29, 0.717) is 23.5 Å². The van der Waals surface area contributed by atoms with Crippen molar-refractivity contribution >= 4 is 22.4 Å². The monoisotopic (exact) mass is 405 g/mol. The molecule has 0 amide bonds. The zero-order chi connectivity index (χ0) is 21.0. The number of hydrogen-bond donors (Lipinski definition) is 2. The van der Waals surface area contributed by atoms with Gasteiger partial charge in [-0.1, -0.05) is 6.07 Å². The number of ether oxygens (including phenoxy) is 1. The second-order valence-corrected chi connectivity index (χ2v) is 8.20. The van der Waals surface area contributed by atoms with Crippen molar-refractivity contribution in [1.29, 1.82) is 0 Å². The van der Waals surface area contributed by atoms with Crippen LogP contribution in [0.5, 0.6) is 0 Å². The van der Waals surface area contributed by atoms with Gasteiger partial charge in [0, 0.05) is 38.1 Å². The third-order valence-electron chi connectivity index (χ3n) is 5.25. The van der Waals surface area contributed by atoms with Crippen LogP contribution in [0.25, 0.3) is 10.9 Å². The van der Waals surface area contributed by atoms with Crippen molar-refractivity contribution in [1.82, 2.24) is 19.6 Å². The SMILES string of the molecule is COCc1nn(C)cc1Nc1nn(CC2CC2(F)F)c2cc(C(C)(C)O)ccc12. The van der Waals surface area contributed by atoms with Gasteiger partial charge in [0.15, 0.2) is 5.82 Å². The number of aliphatic hydroxyl groups is 1. The van der Waals surface area contributed by atoms with Gasteiger partial charge in [0.05, 0.1) is 30.0 Å². The fraction of sp³-hybridized carbons (Fsp3) is 0.500. The molecule has 2 heterocycles. The number of nitrogens with one attached hydrogen (secondary N) is 1. The lowest BCUT2D eigenvalue weighted by atomic mass is 9.97. The molecule has 0 saturated heterocycles. The normalized spacial score (nSPS) is 18.4. The molecule has 9 heteroatoms. The van der Waals surface area contributed by atoms with E-state index in [1.54, 1.807) is 30.3 Å². The topological polar surface area (TPSA) is 77.1 Å². The van der Waals surface area contributed by atoms with Crippen LogP contribution in [0, 0.1) is 5.92 Å². The average Bonchev–Trinajstić information content (AvgIpc) is 2.93. The number of fused-ring (bicyclic) bond motifs is 1. The molecule has 2 aromatic heterocycles. The third-order valence-corrected chi connectivity index (χ3v) is 5.25. The van der Waals surface area contributed by atoms with Crippen molar-refractivity contribution in [3.05, 3.63) is 35.7 Å². The van der Waals surface area contributed by atoms with Gasteiger partial charge < -0.3 is 15.2 Å². The summed E-state index contributed by atoms with van der Waals surface area (Å²) in [5.74, 6) is -2.79. The highest BCUT2D eigenvalue weighted by Gasteiger charge is 2.57. The maximum absolute atomic E-state index is 13.5. The molecule has 1 aliphatic carbocycles. The van der Waals surface area contributed by atoms with Crippen molar-refractivity contribution < 1.29 is 18.6 Å². The molecule has 1 aliphatic rings. The summed E-state index contributed by atoms with van der Waals surface area (Å²) in [4.78, 5) is 0. The molecule has 29 heavy (non-hydrogen) atoms. The summed E-state index contributed by atoms with van der Waals surface area (Å²) >= 11 is 0. The summed E-state index contributed by atoms with van der Waals surface area (Å²) in [6.07, 6.45) is 1.70. The highest BCUT2D eigenvalue weighted by molar-refractivity contribution is 5.92. The van der Waals surface area contributed by atoms with Gasteiger partial charge in [0.2, 0.25) is 0 Å². The predicted octanol–water partition coefficient (Wildman–Crippen LogP) is 3.54. The van der Waals surface area contributed by atoms with Crippen molar-refractivity contribution in [3.8, 4) is 0 Å². The molecule has 0 aliphatic heterocycles. The molecule has 156 valence electrons. The fourth-order valence-corrected chi connectivity index (χ4v) is 3.47. The van der Waals surface area contributed by atoms with E-state index < -0.39 is 17.4 Å². The Balaban J connectivity index is 1.76. The van der Waals surface area contributed by atoms with Crippen molar-refractivity contribution in [2.45, 2.75) is 44.9 Å². The van der Waals surface area contributed by atoms with Crippen molar-refractivity contribution in [3.63, 3.8) is 0 Å². The van der Waals surface area contributed by atoms with Crippen LogP contribution in [0.1, 0.15) is 31.5 Å². The quantitative estimate of drug-likeness (QED) is 0.629. The molecule has 1 atom stereocenters. The molecule has 1 saturated carbocycles. The van der Waals surface area contributed by atoms with E-state index in [1.165, 1.54) is 0 Å². The van der Waals surface area contributed by atoms with Gasteiger partial charge in [-0.3, -0.25) is 9.36 Å². The van der Waals surface area contributed by atoms with E-state index >= 15 is 0 Å². The number of halogens is 2. The number of methoxy groups -OCH3 is 1. The highest BCUT2D eigenvalue weighted by atomic mass is 19.3. The first kappa shape index (κ1) is 19.8. The summed E-state index contributed by atoms with van der Waals surface area (Å²) < 4.78 is 35.5. The van der Waals surface area contributed by atoms with Gasteiger partial charge in [0.25, 0.3) is 5.92 Å². The van der Waals surface area contributed by atoms with E-state index in [9.17, 15) is 13.9 Å². The van der Waals surface area contributed by atoms with Gasteiger partial charge in [-0.15, -0.1) is 0 Å². The van der Waals surface area contributed by atoms with Crippen LogP contribution in [0.3, 0.4) is 0 Å². The van der Waals surface area contributed by atoms with Crippen LogP contribution in [-0.2, 0) is 30.5 Å². The summed E-state index contributed by atoms with van der Waals surface area (Å²) in [7, 11) is 3.41. The van der Waals surface area contributed by atoms with Crippen LogP contribution >= 0.6 is 0 Å². The molecule has 7 nitrogen and oxygen atoms in total. The maximum atomic E-state index is 13.5. The Bertz CT molecular complexity index is 1050. The minimum atomic E-state index is -2.63. The lowest BCUT2D eigenvalue weighted by Crippen LogP contribution is -2.15. The number of alkyl halides is 2. The Kier molecular flexibility index (Phi) is 4.62. The van der Waals surface area contributed by atoms with Crippen molar-refractivity contribution in [2.75, 3.05) is 12.4 Å². The van der Waals surface area contributed by atoms with Gasteiger partial charge in [-0.25, -0.2) is 8.78 Å². The molecule has 0 spiro atoms. The zero-order valence-corrected chi connectivity index (χ0v) is 16.9. The first-order chi connectivity index (χ1) is 13.6. The Morgan fingerprint density at radius 1 is 1.34 bits per heavy atom. The number of aryl methyl sites for hydroxylation is 1. The number of nitrogens with zero attached hydrogens (tertiary/aromatic N) is 4. The van der Waals surface area contributed by atoms with Gasteiger partial charge in [0.1, 0.15) is 5.69 Å². The number of rotatable bonds is 7.